The molecule has 0 radical (unpaired) electrons. The summed E-state index contributed by atoms with van der Waals surface area (Å²) in [6, 6.07) is 25.5. The second-order valence-electron chi connectivity index (χ2n) is 8.91. The minimum absolute atomic E-state index is 0.0111. The molecule has 2 aliphatic rings. The van der Waals surface area contributed by atoms with Crippen molar-refractivity contribution in [1.82, 2.24) is 20.7 Å². The van der Waals surface area contributed by atoms with Gasteiger partial charge in [0.1, 0.15) is 11.8 Å². The minimum Gasteiger partial charge on any atom is -0.508 e. The number of aromatic hydroxyl groups is 1. The number of carbonyl (C=O) groups is 1. The number of hydrazine groups is 1. The highest BCUT2D eigenvalue weighted by molar-refractivity contribution is 5.87. The van der Waals surface area contributed by atoms with Crippen molar-refractivity contribution in [3.63, 3.8) is 0 Å². The Balaban J connectivity index is 1.35. The minimum atomic E-state index is -0.294. The van der Waals surface area contributed by atoms with Crippen LogP contribution in [-0.4, -0.2) is 33.5 Å². The normalized spacial score (nSPS) is 24.5. The van der Waals surface area contributed by atoms with Crippen molar-refractivity contribution in [2.24, 2.45) is 5.92 Å². The fourth-order valence-corrected chi connectivity index (χ4v) is 5.55. The van der Waals surface area contributed by atoms with Crippen LogP contribution in [0.4, 0.5) is 0 Å². The van der Waals surface area contributed by atoms with Gasteiger partial charge in [-0.1, -0.05) is 60.7 Å². The predicted molar refractivity (Wildman–Crippen MR) is 127 cm³/mol. The number of hydrogen-bond donors (Lipinski definition) is 4. The van der Waals surface area contributed by atoms with Crippen LogP contribution >= 0.6 is 0 Å². The number of benzene rings is 3. The quantitative estimate of drug-likeness (QED) is 0.382. The summed E-state index contributed by atoms with van der Waals surface area (Å²) in [7, 11) is 0. The third-order valence-corrected chi connectivity index (χ3v) is 7.10. The number of aromatic nitrogens is 1. The van der Waals surface area contributed by atoms with E-state index >= 15 is 0 Å². The van der Waals surface area contributed by atoms with Gasteiger partial charge >= 0.3 is 0 Å². The number of likely N-dealkylation sites (tertiary alicyclic amines) is 1. The molecule has 2 saturated heterocycles. The van der Waals surface area contributed by atoms with Gasteiger partial charge in [0.15, 0.2) is 0 Å². The van der Waals surface area contributed by atoms with Crippen molar-refractivity contribution < 1.29 is 9.90 Å². The molecule has 4 unspecified atom stereocenters. The molecule has 2 aliphatic heterocycles. The number of rotatable bonds is 5. The summed E-state index contributed by atoms with van der Waals surface area (Å²) >= 11 is 0. The van der Waals surface area contributed by atoms with E-state index in [0.717, 1.165) is 23.1 Å². The van der Waals surface area contributed by atoms with Crippen LogP contribution < -0.4 is 10.9 Å². The summed E-state index contributed by atoms with van der Waals surface area (Å²) in [5, 5.41) is 11.1. The molecular formula is C27H26N4O2. The van der Waals surface area contributed by atoms with Gasteiger partial charge in [0, 0.05) is 29.6 Å². The maximum atomic E-state index is 13.6. The molecule has 6 nitrogen and oxygen atoms in total. The molecule has 6 rings (SSSR count). The van der Waals surface area contributed by atoms with Crippen molar-refractivity contribution in [3.8, 4) is 5.75 Å². The zero-order valence-corrected chi connectivity index (χ0v) is 18.1. The van der Waals surface area contributed by atoms with Crippen molar-refractivity contribution in [3.05, 3.63) is 102 Å². The van der Waals surface area contributed by atoms with Gasteiger partial charge in [-0.3, -0.25) is 4.79 Å². The van der Waals surface area contributed by atoms with Crippen LogP contribution in [0.3, 0.4) is 0 Å². The van der Waals surface area contributed by atoms with Crippen molar-refractivity contribution in [2.45, 2.75) is 24.5 Å². The van der Waals surface area contributed by atoms with Gasteiger partial charge in [-0.15, -0.1) is 0 Å². The number of fused-ring (bicyclic) bond motifs is 2. The number of hydrogen-bond acceptors (Lipinski definition) is 4. The molecule has 4 aromatic rings. The highest BCUT2D eigenvalue weighted by atomic mass is 16.3. The summed E-state index contributed by atoms with van der Waals surface area (Å²) in [6.07, 6.45) is 2.82. The third-order valence-electron chi connectivity index (χ3n) is 7.10. The van der Waals surface area contributed by atoms with Crippen molar-refractivity contribution in [1.29, 1.82) is 0 Å². The van der Waals surface area contributed by atoms with Crippen LogP contribution in [0.5, 0.6) is 5.75 Å². The first-order valence-corrected chi connectivity index (χ1v) is 11.4. The van der Waals surface area contributed by atoms with E-state index < -0.39 is 0 Å². The largest absolute Gasteiger partial charge is 0.508 e. The summed E-state index contributed by atoms with van der Waals surface area (Å²) in [4.78, 5) is 19.0. The van der Waals surface area contributed by atoms with Gasteiger partial charge < -0.3 is 15.0 Å². The number of nitrogens with zero attached hydrogens (tertiary/aromatic N) is 1. The van der Waals surface area contributed by atoms with Gasteiger partial charge in [-0.05, 0) is 41.3 Å². The van der Waals surface area contributed by atoms with Gasteiger partial charge in [0.2, 0.25) is 5.91 Å². The molecule has 0 bridgehead atoms. The molecular weight excluding hydrogens is 412 g/mol. The molecule has 33 heavy (non-hydrogen) atoms. The maximum absolute atomic E-state index is 13.6. The second kappa shape index (κ2) is 8.06. The molecule has 1 amide bonds. The second-order valence-corrected chi connectivity index (χ2v) is 8.91. The predicted octanol–water partition coefficient (Wildman–Crippen LogP) is 3.83. The Kier molecular flexibility index (Phi) is 4.89. The number of phenolic OH excluding ortho intramolecular Hbond substituents is 1. The monoisotopic (exact) mass is 438 g/mol. The van der Waals surface area contributed by atoms with Gasteiger partial charge in [-0.25, -0.2) is 10.9 Å². The molecule has 3 aromatic carbocycles. The lowest BCUT2D eigenvalue weighted by Gasteiger charge is -2.31. The molecule has 1 aromatic heterocycles. The first-order chi connectivity index (χ1) is 16.2. The molecule has 6 heteroatoms. The number of para-hydroxylation sites is 1. The lowest BCUT2D eigenvalue weighted by Crippen LogP contribution is -2.42. The molecule has 4 atom stereocenters. The SMILES string of the molecule is O=C1C2NNC(c3ccccc3)C2C(c2ccc(O)cc2)N1CCc1c[nH]c2ccccc12. The standard InChI is InChI=1S/C27H26N4O2/c32-20-12-10-18(11-13-20)26-23-24(17-6-2-1-3-7-17)29-30-25(23)27(33)31(26)15-14-19-16-28-22-9-5-4-8-21(19)22/h1-13,16,23-26,28-30,32H,14-15H2. The molecule has 3 heterocycles. The summed E-state index contributed by atoms with van der Waals surface area (Å²) in [6.45, 7) is 0.627. The lowest BCUT2D eigenvalue weighted by molar-refractivity contribution is -0.130. The number of amides is 1. The number of H-pyrrole nitrogens is 1. The topological polar surface area (TPSA) is 80.4 Å². The third kappa shape index (κ3) is 3.39. The first-order valence-electron chi connectivity index (χ1n) is 11.4. The number of nitrogens with one attached hydrogen (secondary N) is 3. The summed E-state index contributed by atoms with van der Waals surface area (Å²) in [5.74, 6) is 0.378. The van der Waals surface area contributed by atoms with E-state index in [-0.39, 0.29) is 35.7 Å². The molecule has 0 spiro atoms. The Morgan fingerprint density at radius 2 is 1.55 bits per heavy atom. The Labute approximate surface area is 192 Å². The van der Waals surface area contributed by atoms with Crippen LogP contribution in [0, 0.1) is 5.92 Å². The molecule has 2 fully saturated rings. The average Bonchev–Trinajstić information content (AvgIpc) is 3.53. The summed E-state index contributed by atoms with van der Waals surface area (Å²) < 4.78 is 0. The van der Waals surface area contributed by atoms with Gasteiger partial charge in [0.05, 0.1) is 12.1 Å². The van der Waals surface area contributed by atoms with Crippen molar-refractivity contribution in [2.75, 3.05) is 6.54 Å². The Morgan fingerprint density at radius 3 is 2.36 bits per heavy atom. The van der Waals surface area contributed by atoms with Crippen LogP contribution in [-0.2, 0) is 11.2 Å². The Bertz CT molecular complexity index is 1280. The van der Waals surface area contributed by atoms with E-state index in [0.29, 0.717) is 6.54 Å². The van der Waals surface area contributed by atoms with Crippen molar-refractivity contribution >= 4 is 16.8 Å². The zero-order chi connectivity index (χ0) is 22.4. The smallest absolute Gasteiger partial charge is 0.242 e. The van der Waals surface area contributed by atoms with E-state index in [1.54, 1.807) is 12.1 Å². The number of aromatic amines is 1. The number of carbonyl (C=O) groups excluding carboxylic acids is 1. The molecule has 4 N–H and O–H groups in total. The maximum Gasteiger partial charge on any atom is 0.242 e. The van der Waals surface area contributed by atoms with E-state index in [4.69, 9.17) is 0 Å². The fraction of sp³-hybridized carbons (Fsp3) is 0.222. The van der Waals surface area contributed by atoms with E-state index in [1.807, 2.05) is 53.6 Å². The van der Waals surface area contributed by atoms with Crippen LogP contribution in [0.25, 0.3) is 10.9 Å². The van der Waals surface area contributed by atoms with Gasteiger partial charge in [0.25, 0.3) is 0 Å². The fourth-order valence-electron chi connectivity index (χ4n) is 5.55. The zero-order valence-electron chi connectivity index (χ0n) is 18.1. The number of phenols is 1. The Morgan fingerprint density at radius 1 is 0.818 bits per heavy atom. The first kappa shape index (κ1) is 20.0. The molecule has 0 aliphatic carbocycles. The Hall–Kier alpha value is -3.61. The van der Waals surface area contributed by atoms with Crippen LogP contribution in [0.2, 0.25) is 0 Å². The molecule has 0 saturated carbocycles. The summed E-state index contributed by atoms with van der Waals surface area (Å²) in [5.41, 5.74) is 11.2. The lowest BCUT2D eigenvalue weighted by atomic mass is 9.83. The average molecular weight is 439 g/mol. The van der Waals surface area contributed by atoms with E-state index in [2.05, 4.69) is 40.1 Å². The van der Waals surface area contributed by atoms with Crippen LogP contribution in [0.15, 0.2) is 85.1 Å². The highest BCUT2D eigenvalue weighted by Gasteiger charge is 2.55. The van der Waals surface area contributed by atoms with E-state index in [1.165, 1.54) is 10.9 Å². The van der Waals surface area contributed by atoms with E-state index in [9.17, 15) is 9.90 Å². The molecule has 166 valence electrons. The van der Waals surface area contributed by atoms with Gasteiger partial charge in [-0.2, -0.15) is 0 Å². The highest BCUT2D eigenvalue weighted by Crippen LogP contribution is 2.47. The van der Waals surface area contributed by atoms with Crippen LogP contribution in [0.1, 0.15) is 28.8 Å².